The quantitative estimate of drug-likeness (QED) is 0.590. The molecule has 1 rings (SSSR count). The molecule has 1 aliphatic rings. The van der Waals surface area contributed by atoms with Crippen molar-refractivity contribution < 1.29 is 9.53 Å². The number of esters is 1. The molecule has 0 radical (unpaired) electrons. The van der Waals surface area contributed by atoms with E-state index in [1.807, 2.05) is 6.92 Å². The van der Waals surface area contributed by atoms with Crippen LogP contribution < -0.4 is 5.32 Å². The van der Waals surface area contributed by atoms with E-state index in [0.717, 1.165) is 25.8 Å². The lowest BCUT2D eigenvalue weighted by atomic mass is 9.82. The molecule has 0 aromatic heterocycles. The number of hydrogen-bond acceptors (Lipinski definition) is 3. The topological polar surface area (TPSA) is 38.3 Å². The minimum Gasteiger partial charge on any atom is -0.466 e. The maximum absolute atomic E-state index is 11.9. The minimum absolute atomic E-state index is 0.0317. The number of ether oxygens (including phenoxy) is 1. The zero-order chi connectivity index (χ0) is 14.4. The van der Waals surface area contributed by atoms with Gasteiger partial charge >= 0.3 is 5.97 Å². The van der Waals surface area contributed by atoms with Crippen LogP contribution in [0.2, 0.25) is 0 Å². The third-order valence-electron chi connectivity index (χ3n) is 4.33. The van der Waals surface area contributed by atoms with Crippen LogP contribution in [0.5, 0.6) is 0 Å². The lowest BCUT2D eigenvalue weighted by molar-refractivity contribution is -0.145. The predicted molar refractivity (Wildman–Crippen MR) is 79.1 cm³/mol. The van der Waals surface area contributed by atoms with Crippen molar-refractivity contribution in [3.8, 4) is 0 Å². The summed E-state index contributed by atoms with van der Waals surface area (Å²) in [6.45, 7) is 10.2. The van der Waals surface area contributed by atoms with E-state index in [0.29, 0.717) is 18.4 Å². The summed E-state index contributed by atoms with van der Waals surface area (Å²) in [7, 11) is 0. The molecule has 1 atom stereocenters. The van der Waals surface area contributed by atoms with Crippen molar-refractivity contribution in [3.05, 3.63) is 0 Å². The largest absolute Gasteiger partial charge is 0.466 e. The van der Waals surface area contributed by atoms with Gasteiger partial charge in [-0.05, 0) is 51.0 Å². The van der Waals surface area contributed by atoms with Crippen molar-refractivity contribution in [3.63, 3.8) is 0 Å². The van der Waals surface area contributed by atoms with Gasteiger partial charge in [0.15, 0.2) is 0 Å². The molecule has 0 aromatic carbocycles. The average molecular weight is 269 g/mol. The summed E-state index contributed by atoms with van der Waals surface area (Å²) in [6.07, 6.45) is 7.44. The molecule has 1 unspecified atom stereocenters. The van der Waals surface area contributed by atoms with Crippen LogP contribution in [0.1, 0.15) is 72.6 Å². The smallest absolute Gasteiger partial charge is 0.307 e. The molecule has 1 saturated carbocycles. The van der Waals surface area contributed by atoms with E-state index in [1.165, 1.54) is 19.3 Å². The van der Waals surface area contributed by atoms with Crippen molar-refractivity contribution >= 4 is 5.97 Å². The Kier molecular flexibility index (Phi) is 6.31. The zero-order valence-corrected chi connectivity index (χ0v) is 13.2. The predicted octanol–water partition coefficient (Wildman–Crippen LogP) is 3.67. The van der Waals surface area contributed by atoms with E-state index < -0.39 is 0 Å². The van der Waals surface area contributed by atoms with E-state index in [1.54, 1.807) is 0 Å². The molecule has 19 heavy (non-hydrogen) atoms. The highest BCUT2D eigenvalue weighted by Crippen LogP contribution is 2.39. The van der Waals surface area contributed by atoms with Crippen LogP contribution >= 0.6 is 0 Å². The van der Waals surface area contributed by atoms with E-state index in [2.05, 4.69) is 26.1 Å². The molecule has 0 heterocycles. The van der Waals surface area contributed by atoms with Crippen LogP contribution in [0.25, 0.3) is 0 Å². The van der Waals surface area contributed by atoms with Gasteiger partial charge in [0.2, 0.25) is 0 Å². The molecule has 1 aliphatic carbocycles. The van der Waals surface area contributed by atoms with Crippen LogP contribution in [0, 0.1) is 5.41 Å². The van der Waals surface area contributed by atoms with Gasteiger partial charge < -0.3 is 10.1 Å². The maximum atomic E-state index is 11.9. The zero-order valence-electron chi connectivity index (χ0n) is 13.2. The second-order valence-electron chi connectivity index (χ2n) is 6.71. The van der Waals surface area contributed by atoms with E-state index in [4.69, 9.17) is 4.74 Å². The summed E-state index contributed by atoms with van der Waals surface area (Å²) in [5, 5.41) is 3.65. The molecule has 1 fully saturated rings. The Labute approximate surface area is 118 Å². The minimum atomic E-state index is -0.0502. The summed E-state index contributed by atoms with van der Waals surface area (Å²) < 4.78 is 5.16. The highest BCUT2D eigenvalue weighted by atomic mass is 16.5. The summed E-state index contributed by atoms with van der Waals surface area (Å²) in [6, 6.07) is 0. The van der Waals surface area contributed by atoms with Crippen molar-refractivity contribution in [2.24, 2.45) is 5.41 Å². The van der Waals surface area contributed by atoms with Crippen LogP contribution in [-0.2, 0) is 9.53 Å². The molecule has 0 saturated heterocycles. The van der Waals surface area contributed by atoms with Gasteiger partial charge in [0, 0.05) is 5.54 Å². The van der Waals surface area contributed by atoms with Gasteiger partial charge in [0.05, 0.1) is 13.0 Å². The number of carbonyl (C=O) groups excluding carboxylic acids is 1. The van der Waals surface area contributed by atoms with Crippen LogP contribution in [0.3, 0.4) is 0 Å². The van der Waals surface area contributed by atoms with E-state index in [-0.39, 0.29) is 11.5 Å². The van der Waals surface area contributed by atoms with Crippen molar-refractivity contribution in [2.75, 3.05) is 13.2 Å². The molecule has 0 aliphatic heterocycles. The number of hydrogen-bond donors (Lipinski definition) is 1. The Morgan fingerprint density at radius 2 is 1.89 bits per heavy atom. The van der Waals surface area contributed by atoms with Gasteiger partial charge in [-0.15, -0.1) is 0 Å². The molecule has 3 heteroatoms. The van der Waals surface area contributed by atoms with Crippen molar-refractivity contribution in [1.29, 1.82) is 0 Å². The molecule has 3 nitrogen and oxygen atoms in total. The summed E-state index contributed by atoms with van der Waals surface area (Å²) in [4.78, 5) is 11.9. The fraction of sp³-hybridized carbons (Fsp3) is 0.938. The van der Waals surface area contributed by atoms with Gasteiger partial charge in [-0.2, -0.15) is 0 Å². The van der Waals surface area contributed by atoms with Crippen molar-refractivity contribution in [2.45, 2.75) is 78.2 Å². The number of nitrogens with one attached hydrogen (secondary N) is 1. The standard InChI is InChI=1S/C16H31NO2/c1-5-12-17-16(13-14(18)19-6-2)9-7-8-15(3,4)10-11-16/h17H,5-13H2,1-4H3. The van der Waals surface area contributed by atoms with Gasteiger partial charge in [-0.1, -0.05) is 27.2 Å². The highest BCUT2D eigenvalue weighted by molar-refractivity contribution is 5.70. The van der Waals surface area contributed by atoms with Crippen LogP contribution in [0.15, 0.2) is 0 Å². The van der Waals surface area contributed by atoms with Gasteiger partial charge in [0.25, 0.3) is 0 Å². The van der Waals surface area contributed by atoms with E-state index >= 15 is 0 Å². The molecular formula is C16H31NO2. The second kappa shape index (κ2) is 7.28. The number of carbonyl (C=O) groups is 1. The summed E-state index contributed by atoms with van der Waals surface area (Å²) in [5.74, 6) is -0.0502. The van der Waals surface area contributed by atoms with Gasteiger partial charge in [-0.3, -0.25) is 4.79 Å². The maximum Gasteiger partial charge on any atom is 0.307 e. The molecule has 0 spiro atoms. The molecule has 112 valence electrons. The van der Waals surface area contributed by atoms with Crippen LogP contribution in [0.4, 0.5) is 0 Å². The van der Waals surface area contributed by atoms with Crippen LogP contribution in [-0.4, -0.2) is 24.7 Å². The SMILES string of the molecule is CCCNC1(CC(=O)OCC)CCCC(C)(C)CC1. The first-order valence-electron chi connectivity index (χ1n) is 7.84. The Bertz CT molecular complexity index is 288. The summed E-state index contributed by atoms with van der Waals surface area (Å²) in [5.41, 5.74) is 0.375. The monoisotopic (exact) mass is 269 g/mol. The van der Waals surface area contributed by atoms with E-state index in [9.17, 15) is 4.79 Å². The first kappa shape index (κ1) is 16.5. The Hall–Kier alpha value is -0.570. The fourth-order valence-corrected chi connectivity index (χ4v) is 3.03. The molecule has 0 aromatic rings. The highest BCUT2D eigenvalue weighted by Gasteiger charge is 2.37. The Morgan fingerprint density at radius 1 is 1.16 bits per heavy atom. The Balaban J connectivity index is 2.71. The Morgan fingerprint density at radius 3 is 2.53 bits per heavy atom. The molecular weight excluding hydrogens is 238 g/mol. The lowest BCUT2D eigenvalue weighted by Crippen LogP contribution is -2.47. The lowest BCUT2D eigenvalue weighted by Gasteiger charge is -2.34. The average Bonchev–Trinajstić information content (AvgIpc) is 2.47. The molecule has 0 amide bonds. The third-order valence-corrected chi connectivity index (χ3v) is 4.33. The number of rotatable bonds is 6. The molecule has 1 N–H and O–H groups in total. The van der Waals surface area contributed by atoms with Gasteiger partial charge in [0.1, 0.15) is 0 Å². The first-order chi connectivity index (χ1) is 8.93. The first-order valence-corrected chi connectivity index (χ1v) is 7.84. The molecule has 0 bridgehead atoms. The third kappa shape index (κ3) is 5.52. The normalized spacial score (nSPS) is 26.7. The second-order valence-corrected chi connectivity index (χ2v) is 6.71. The summed E-state index contributed by atoms with van der Waals surface area (Å²) >= 11 is 0. The van der Waals surface area contributed by atoms with Crippen molar-refractivity contribution in [1.82, 2.24) is 5.32 Å². The fourth-order valence-electron chi connectivity index (χ4n) is 3.03. The van der Waals surface area contributed by atoms with Gasteiger partial charge in [-0.25, -0.2) is 0 Å².